The Hall–Kier alpha value is -2.73. The maximum atomic E-state index is 13.0. The lowest BCUT2D eigenvalue weighted by atomic mass is 9.91. The van der Waals surface area contributed by atoms with Crippen LogP contribution in [0.4, 0.5) is 0 Å². The average molecular weight is 952 g/mol. The monoisotopic (exact) mass is 952 g/mol. The number of aliphatic hydroxyl groups excluding tert-OH is 1. The first-order valence-electron chi connectivity index (χ1n) is 27.8. The standard InChI is InChI=1S/C55H101NO11/c1-4-7-10-12-13-14-15-16-17-18-19-20-21-23-27-37-53(60)65-45-49(46-66-54(61)38-28-24-29-40-56(41-42-57)50-33-31-34-50)47-67-55(62)39-30-32-48(43-63-51(58)35-25-9-6-3)44-64-52(59)36-26-22-11-8-5-2/h48-50,57H,4-47H2,1-3H3. The molecule has 12 nitrogen and oxygen atoms in total. The smallest absolute Gasteiger partial charge is 0.305 e. The second-order valence-corrected chi connectivity index (χ2v) is 19.5. The van der Waals surface area contributed by atoms with E-state index < -0.39 is 11.9 Å². The van der Waals surface area contributed by atoms with E-state index in [0.717, 1.165) is 90.0 Å². The van der Waals surface area contributed by atoms with Crippen LogP contribution < -0.4 is 0 Å². The van der Waals surface area contributed by atoms with E-state index in [9.17, 15) is 29.1 Å². The first-order chi connectivity index (χ1) is 32.7. The highest BCUT2D eigenvalue weighted by Gasteiger charge is 2.24. The Labute approximate surface area is 408 Å². The lowest BCUT2D eigenvalue weighted by Gasteiger charge is -2.37. The summed E-state index contributed by atoms with van der Waals surface area (Å²) in [6.45, 7) is 8.38. The van der Waals surface area contributed by atoms with Crippen LogP contribution in [0.3, 0.4) is 0 Å². The Morgan fingerprint density at radius 2 is 0.701 bits per heavy atom. The van der Waals surface area contributed by atoms with Crippen LogP contribution in [-0.4, -0.2) is 98.6 Å². The van der Waals surface area contributed by atoms with Gasteiger partial charge in [0.1, 0.15) is 19.8 Å². The topological polar surface area (TPSA) is 155 Å². The molecule has 1 rings (SSSR count). The molecular formula is C55H101NO11. The maximum Gasteiger partial charge on any atom is 0.305 e. The minimum absolute atomic E-state index is 0.0182. The molecule has 1 saturated carbocycles. The van der Waals surface area contributed by atoms with Gasteiger partial charge in [0.25, 0.3) is 0 Å². The highest BCUT2D eigenvalue weighted by molar-refractivity contribution is 5.71. The third-order valence-corrected chi connectivity index (χ3v) is 13.2. The summed E-state index contributed by atoms with van der Waals surface area (Å²) in [7, 11) is 0. The van der Waals surface area contributed by atoms with Crippen molar-refractivity contribution in [3.63, 3.8) is 0 Å². The Morgan fingerprint density at radius 1 is 0.403 bits per heavy atom. The molecule has 0 aromatic heterocycles. The number of ether oxygens (including phenoxy) is 5. The van der Waals surface area contributed by atoms with E-state index in [1.165, 1.54) is 96.3 Å². The molecule has 0 heterocycles. The number of nitrogens with zero attached hydrogens (tertiary/aromatic N) is 1. The summed E-state index contributed by atoms with van der Waals surface area (Å²) in [5.41, 5.74) is 0. The van der Waals surface area contributed by atoms with Crippen molar-refractivity contribution in [1.29, 1.82) is 0 Å². The van der Waals surface area contributed by atoms with Gasteiger partial charge in [0.2, 0.25) is 0 Å². The van der Waals surface area contributed by atoms with Crippen LogP contribution in [0, 0.1) is 11.8 Å². The zero-order valence-corrected chi connectivity index (χ0v) is 43.3. The molecule has 1 aliphatic rings. The molecular weight excluding hydrogens is 851 g/mol. The Kier molecular flexibility index (Phi) is 42.5. The molecule has 0 spiro atoms. The number of carbonyl (C=O) groups is 5. The Bertz CT molecular complexity index is 1210. The van der Waals surface area contributed by atoms with E-state index in [0.29, 0.717) is 51.1 Å². The molecule has 0 saturated heterocycles. The van der Waals surface area contributed by atoms with Crippen molar-refractivity contribution in [2.45, 2.75) is 258 Å². The van der Waals surface area contributed by atoms with Crippen LogP contribution in [0.5, 0.6) is 0 Å². The molecule has 1 fully saturated rings. The number of unbranched alkanes of at least 4 members (excludes halogenated alkanes) is 22. The number of aliphatic hydroxyl groups is 1. The third kappa shape index (κ3) is 38.8. The maximum absolute atomic E-state index is 13.0. The van der Waals surface area contributed by atoms with Crippen LogP contribution in [0.15, 0.2) is 0 Å². The van der Waals surface area contributed by atoms with Gasteiger partial charge in [0, 0.05) is 50.6 Å². The zero-order chi connectivity index (χ0) is 48.8. The van der Waals surface area contributed by atoms with Crippen molar-refractivity contribution in [3.05, 3.63) is 0 Å². The molecule has 0 aromatic carbocycles. The molecule has 0 aliphatic heterocycles. The van der Waals surface area contributed by atoms with E-state index >= 15 is 0 Å². The van der Waals surface area contributed by atoms with Crippen molar-refractivity contribution in [2.24, 2.45) is 11.8 Å². The van der Waals surface area contributed by atoms with Gasteiger partial charge in [-0.1, -0.05) is 162 Å². The molecule has 0 radical (unpaired) electrons. The quantitative estimate of drug-likeness (QED) is 0.0350. The van der Waals surface area contributed by atoms with Crippen molar-refractivity contribution in [2.75, 3.05) is 52.7 Å². The molecule has 392 valence electrons. The van der Waals surface area contributed by atoms with Crippen LogP contribution in [0.1, 0.15) is 252 Å². The number of carbonyl (C=O) groups excluding carboxylic acids is 5. The summed E-state index contributed by atoms with van der Waals surface area (Å²) >= 11 is 0. The van der Waals surface area contributed by atoms with Crippen molar-refractivity contribution >= 4 is 29.8 Å². The van der Waals surface area contributed by atoms with Gasteiger partial charge in [0.15, 0.2) is 0 Å². The van der Waals surface area contributed by atoms with Gasteiger partial charge in [0.05, 0.1) is 25.7 Å². The van der Waals surface area contributed by atoms with E-state index in [1.807, 2.05) is 0 Å². The number of hydrogen-bond acceptors (Lipinski definition) is 12. The van der Waals surface area contributed by atoms with Crippen molar-refractivity contribution in [3.8, 4) is 0 Å². The summed E-state index contributed by atoms with van der Waals surface area (Å²) in [5, 5.41) is 9.45. The molecule has 1 N–H and O–H groups in total. The third-order valence-electron chi connectivity index (χ3n) is 13.2. The van der Waals surface area contributed by atoms with E-state index in [-0.39, 0.29) is 82.3 Å². The van der Waals surface area contributed by atoms with Gasteiger partial charge in [-0.2, -0.15) is 0 Å². The van der Waals surface area contributed by atoms with Crippen LogP contribution >= 0.6 is 0 Å². The molecule has 2 unspecified atom stereocenters. The lowest BCUT2D eigenvalue weighted by Crippen LogP contribution is -2.42. The Morgan fingerprint density at radius 3 is 1.04 bits per heavy atom. The number of rotatable bonds is 49. The largest absolute Gasteiger partial charge is 0.465 e. The van der Waals surface area contributed by atoms with Crippen LogP contribution in [-0.2, 0) is 47.7 Å². The Balaban J connectivity index is 2.57. The van der Waals surface area contributed by atoms with Gasteiger partial charge < -0.3 is 28.8 Å². The van der Waals surface area contributed by atoms with Gasteiger partial charge in [-0.25, -0.2) is 0 Å². The first-order valence-corrected chi connectivity index (χ1v) is 27.8. The van der Waals surface area contributed by atoms with Gasteiger partial charge in [-0.3, -0.25) is 28.9 Å². The lowest BCUT2D eigenvalue weighted by molar-refractivity contribution is -0.155. The summed E-state index contributed by atoms with van der Waals surface area (Å²) in [5.74, 6) is -2.35. The van der Waals surface area contributed by atoms with Gasteiger partial charge in [-0.15, -0.1) is 0 Å². The number of esters is 5. The molecule has 0 bridgehead atoms. The van der Waals surface area contributed by atoms with E-state index in [2.05, 4.69) is 25.7 Å². The summed E-state index contributed by atoms with van der Waals surface area (Å²) in [4.78, 5) is 65.7. The molecule has 0 amide bonds. The molecule has 2 atom stereocenters. The van der Waals surface area contributed by atoms with Crippen molar-refractivity contribution < 1.29 is 52.8 Å². The second kappa shape index (κ2) is 45.7. The highest BCUT2D eigenvalue weighted by Crippen LogP contribution is 2.25. The summed E-state index contributed by atoms with van der Waals surface area (Å²) < 4.78 is 28.0. The predicted molar refractivity (Wildman–Crippen MR) is 267 cm³/mol. The first kappa shape index (κ1) is 62.3. The normalized spacial score (nSPS) is 13.5. The zero-order valence-electron chi connectivity index (χ0n) is 43.3. The van der Waals surface area contributed by atoms with E-state index in [1.54, 1.807) is 0 Å². The fourth-order valence-electron chi connectivity index (χ4n) is 8.46. The SMILES string of the molecule is CCCCCCCCCCCCCCCCCC(=O)OCC(COC(=O)CCCCCN(CCO)C1CCC1)COC(=O)CCCC(COC(=O)CCCCC)COC(=O)CCCCCCC. The minimum Gasteiger partial charge on any atom is -0.465 e. The minimum atomic E-state index is -0.506. The van der Waals surface area contributed by atoms with Crippen LogP contribution in [0.2, 0.25) is 0 Å². The average Bonchev–Trinajstić information content (AvgIpc) is 3.30. The molecule has 67 heavy (non-hydrogen) atoms. The van der Waals surface area contributed by atoms with Crippen molar-refractivity contribution in [1.82, 2.24) is 4.90 Å². The molecule has 12 heteroatoms. The second-order valence-electron chi connectivity index (χ2n) is 19.5. The summed E-state index contributed by atoms with van der Waals surface area (Å²) in [6, 6.07) is 0.570. The molecule has 1 aliphatic carbocycles. The fourth-order valence-corrected chi connectivity index (χ4v) is 8.46. The van der Waals surface area contributed by atoms with E-state index in [4.69, 9.17) is 23.7 Å². The van der Waals surface area contributed by atoms with Crippen LogP contribution in [0.25, 0.3) is 0 Å². The predicted octanol–water partition coefficient (Wildman–Crippen LogP) is 12.7. The summed E-state index contributed by atoms with van der Waals surface area (Å²) in [6.07, 6.45) is 35.1. The highest BCUT2D eigenvalue weighted by atomic mass is 16.6. The number of hydrogen-bond donors (Lipinski definition) is 1. The fraction of sp³-hybridized carbons (Fsp3) is 0.909. The van der Waals surface area contributed by atoms with Gasteiger partial charge >= 0.3 is 29.8 Å². The van der Waals surface area contributed by atoms with Gasteiger partial charge in [-0.05, 0) is 64.3 Å². The molecule has 0 aromatic rings.